The van der Waals surface area contributed by atoms with E-state index in [1.165, 1.54) is 295 Å². The first-order chi connectivity index (χ1) is 34.5. The Labute approximate surface area is 438 Å². The molecule has 2 atom stereocenters. The van der Waals surface area contributed by atoms with Gasteiger partial charge in [-0.05, 0) is 32.1 Å². The highest BCUT2D eigenvalue weighted by molar-refractivity contribution is 5.76. The summed E-state index contributed by atoms with van der Waals surface area (Å²) in [5.74, 6) is -0.0438. The van der Waals surface area contributed by atoms with Crippen molar-refractivity contribution in [1.29, 1.82) is 0 Å². The van der Waals surface area contributed by atoms with Crippen molar-refractivity contribution in [3.05, 3.63) is 12.2 Å². The molecule has 0 aliphatic heterocycles. The lowest BCUT2D eigenvalue weighted by Gasteiger charge is -2.20. The van der Waals surface area contributed by atoms with Crippen LogP contribution in [-0.2, 0) is 14.3 Å². The Balaban J connectivity index is 3.33. The van der Waals surface area contributed by atoms with E-state index in [0.717, 1.165) is 38.5 Å². The molecule has 0 rings (SSSR count). The van der Waals surface area contributed by atoms with Crippen LogP contribution < -0.4 is 5.32 Å². The van der Waals surface area contributed by atoms with Crippen LogP contribution in [0.4, 0.5) is 0 Å². The fourth-order valence-corrected chi connectivity index (χ4v) is 10.2. The number of unbranched alkanes of at least 4 members (excludes halogenated alkanes) is 49. The lowest BCUT2D eigenvalue weighted by atomic mass is 10.0. The van der Waals surface area contributed by atoms with Gasteiger partial charge in [0.05, 0.1) is 25.4 Å². The number of amides is 1. The average Bonchev–Trinajstić information content (AvgIpc) is 3.36. The molecule has 0 bridgehead atoms. The van der Waals surface area contributed by atoms with Crippen molar-refractivity contribution in [2.45, 2.75) is 373 Å². The smallest absolute Gasteiger partial charge is 0.305 e. The van der Waals surface area contributed by atoms with Gasteiger partial charge >= 0.3 is 5.97 Å². The maximum atomic E-state index is 12.4. The van der Waals surface area contributed by atoms with E-state index in [-0.39, 0.29) is 18.5 Å². The predicted molar refractivity (Wildman–Crippen MR) is 306 cm³/mol. The number of carbonyl (C=O) groups is 2. The molecule has 0 aromatic heterocycles. The van der Waals surface area contributed by atoms with Crippen LogP contribution in [0.15, 0.2) is 12.2 Å². The minimum absolute atomic E-state index is 0.0205. The second-order valence-electron chi connectivity index (χ2n) is 22.1. The van der Waals surface area contributed by atoms with Gasteiger partial charge < -0.3 is 20.3 Å². The van der Waals surface area contributed by atoms with Gasteiger partial charge in [-0.1, -0.05) is 328 Å². The lowest BCUT2D eigenvalue weighted by Crippen LogP contribution is -2.45. The minimum Gasteiger partial charge on any atom is -0.466 e. The molecule has 1 amide bonds. The van der Waals surface area contributed by atoms with E-state index in [2.05, 4.69) is 19.2 Å². The van der Waals surface area contributed by atoms with Gasteiger partial charge in [0.25, 0.3) is 0 Å². The molecular weight excluding hydrogens is 863 g/mol. The number of hydrogen-bond acceptors (Lipinski definition) is 5. The third-order valence-electron chi connectivity index (χ3n) is 15.1. The number of esters is 1. The van der Waals surface area contributed by atoms with Crippen molar-refractivity contribution in [2.24, 2.45) is 0 Å². The van der Waals surface area contributed by atoms with Crippen LogP contribution in [0.2, 0.25) is 0 Å². The van der Waals surface area contributed by atoms with Crippen molar-refractivity contribution < 1.29 is 24.5 Å². The molecule has 0 radical (unpaired) electrons. The minimum atomic E-state index is -0.840. The zero-order valence-corrected chi connectivity index (χ0v) is 47.5. The first kappa shape index (κ1) is 68.6. The van der Waals surface area contributed by atoms with Crippen LogP contribution in [0.5, 0.6) is 0 Å². The molecule has 0 aromatic rings. The molecule has 0 fully saturated rings. The summed E-state index contributed by atoms with van der Waals surface area (Å²) in [5, 5.41) is 23.1. The van der Waals surface area contributed by atoms with Gasteiger partial charge in [-0.25, -0.2) is 0 Å². The van der Waals surface area contributed by atoms with Gasteiger partial charge in [-0.3, -0.25) is 9.59 Å². The zero-order valence-electron chi connectivity index (χ0n) is 47.5. The Morgan fingerprint density at radius 1 is 0.386 bits per heavy atom. The number of aliphatic hydroxyl groups excluding tert-OH is 2. The summed E-state index contributed by atoms with van der Waals surface area (Å²) in [6, 6.07) is -0.624. The summed E-state index contributed by atoms with van der Waals surface area (Å²) in [4.78, 5) is 24.5. The Hall–Kier alpha value is -1.40. The first-order valence-corrected chi connectivity index (χ1v) is 32.0. The normalized spacial score (nSPS) is 12.6. The van der Waals surface area contributed by atoms with Gasteiger partial charge in [-0.15, -0.1) is 0 Å². The van der Waals surface area contributed by atoms with E-state index in [4.69, 9.17) is 4.74 Å². The Morgan fingerprint density at radius 3 is 0.971 bits per heavy atom. The fourth-order valence-electron chi connectivity index (χ4n) is 10.2. The van der Waals surface area contributed by atoms with Crippen LogP contribution >= 0.6 is 0 Å². The molecule has 416 valence electrons. The van der Waals surface area contributed by atoms with Crippen LogP contribution in [0.1, 0.15) is 361 Å². The van der Waals surface area contributed by atoms with Gasteiger partial charge in [-0.2, -0.15) is 0 Å². The second kappa shape index (κ2) is 60.2. The van der Waals surface area contributed by atoms with Crippen molar-refractivity contribution in [3.63, 3.8) is 0 Å². The highest BCUT2D eigenvalue weighted by Gasteiger charge is 2.18. The number of carbonyl (C=O) groups excluding carboxylic acids is 2. The molecule has 70 heavy (non-hydrogen) atoms. The summed E-state index contributed by atoms with van der Waals surface area (Å²) in [6.07, 6.45) is 72.7. The molecular formula is C64H125NO5. The summed E-state index contributed by atoms with van der Waals surface area (Å²) >= 11 is 0. The largest absolute Gasteiger partial charge is 0.466 e. The summed E-state index contributed by atoms with van der Waals surface area (Å²) in [6.45, 7) is 4.92. The second-order valence-corrected chi connectivity index (χ2v) is 22.1. The Kier molecular flexibility index (Phi) is 59.0. The van der Waals surface area contributed by atoms with Crippen LogP contribution in [0.3, 0.4) is 0 Å². The SMILES string of the molecule is CCCCCCCCCCCC/C=C/C(O)C(CO)NC(=O)CCCCCCCCCCCCCCCCCCCCCCCCCCCCCOC(=O)CCCCCCCCCCCCCCCC. The van der Waals surface area contributed by atoms with E-state index in [0.29, 0.717) is 19.4 Å². The van der Waals surface area contributed by atoms with E-state index in [9.17, 15) is 19.8 Å². The number of allylic oxidation sites excluding steroid dienone is 1. The third-order valence-corrected chi connectivity index (χ3v) is 15.1. The molecule has 2 unspecified atom stereocenters. The van der Waals surface area contributed by atoms with Crippen LogP contribution in [0, 0.1) is 0 Å². The fraction of sp³-hybridized carbons (Fsp3) is 0.938. The maximum Gasteiger partial charge on any atom is 0.305 e. The molecule has 0 spiro atoms. The van der Waals surface area contributed by atoms with Crippen molar-refractivity contribution >= 4 is 11.9 Å². The zero-order chi connectivity index (χ0) is 50.7. The van der Waals surface area contributed by atoms with Crippen molar-refractivity contribution in [2.75, 3.05) is 13.2 Å². The number of aliphatic hydroxyl groups is 2. The molecule has 0 aromatic carbocycles. The molecule has 0 saturated heterocycles. The van der Waals surface area contributed by atoms with Gasteiger partial charge in [0.15, 0.2) is 0 Å². The van der Waals surface area contributed by atoms with Gasteiger partial charge in [0.2, 0.25) is 5.91 Å². The quantitative estimate of drug-likeness (QED) is 0.0321. The molecule has 0 aliphatic carbocycles. The number of ether oxygens (including phenoxy) is 1. The van der Waals surface area contributed by atoms with E-state index in [1.54, 1.807) is 6.08 Å². The Bertz CT molecular complexity index is 1050. The summed E-state index contributed by atoms with van der Waals surface area (Å²) in [5.41, 5.74) is 0. The molecule has 0 saturated carbocycles. The molecule has 6 nitrogen and oxygen atoms in total. The average molecular weight is 989 g/mol. The molecule has 0 heterocycles. The maximum absolute atomic E-state index is 12.4. The van der Waals surface area contributed by atoms with Gasteiger partial charge in [0, 0.05) is 12.8 Å². The number of nitrogens with one attached hydrogen (secondary N) is 1. The third kappa shape index (κ3) is 55.9. The summed E-state index contributed by atoms with van der Waals surface area (Å²) in [7, 11) is 0. The van der Waals surface area contributed by atoms with Crippen LogP contribution in [-0.4, -0.2) is 47.4 Å². The van der Waals surface area contributed by atoms with E-state index < -0.39 is 12.1 Å². The highest BCUT2D eigenvalue weighted by atomic mass is 16.5. The Morgan fingerprint density at radius 2 is 0.657 bits per heavy atom. The monoisotopic (exact) mass is 988 g/mol. The molecule has 3 N–H and O–H groups in total. The molecule has 6 heteroatoms. The van der Waals surface area contributed by atoms with Gasteiger partial charge in [0.1, 0.15) is 0 Å². The highest BCUT2D eigenvalue weighted by Crippen LogP contribution is 2.18. The number of rotatable bonds is 60. The predicted octanol–water partition coefficient (Wildman–Crippen LogP) is 20.0. The summed E-state index contributed by atoms with van der Waals surface area (Å²) < 4.78 is 5.49. The van der Waals surface area contributed by atoms with E-state index in [1.807, 2.05) is 6.08 Å². The topological polar surface area (TPSA) is 95.9 Å². The first-order valence-electron chi connectivity index (χ1n) is 32.0. The van der Waals surface area contributed by atoms with E-state index >= 15 is 0 Å². The standard InChI is InChI=1S/C64H125NO5/c1-3-5-7-9-11-13-15-17-34-38-42-46-50-54-58-64(69)70-59-55-51-47-43-39-35-32-30-28-26-24-22-20-18-19-21-23-25-27-29-31-33-37-41-45-49-53-57-63(68)65-61(60-66)62(67)56-52-48-44-40-36-16-14-12-10-8-6-4-2/h52,56,61-62,66-67H,3-51,53-55,57-60H2,1-2H3,(H,65,68)/b56-52+. The van der Waals surface area contributed by atoms with Crippen molar-refractivity contribution in [3.8, 4) is 0 Å². The molecule has 0 aliphatic rings. The van der Waals surface area contributed by atoms with Crippen molar-refractivity contribution in [1.82, 2.24) is 5.32 Å². The number of hydrogen-bond donors (Lipinski definition) is 3. The lowest BCUT2D eigenvalue weighted by molar-refractivity contribution is -0.143. The van der Waals surface area contributed by atoms with Crippen LogP contribution in [0.25, 0.3) is 0 Å².